The Bertz CT molecular complexity index is 1110. The van der Waals surface area contributed by atoms with Gasteiger partial charge >= 0.3 is 16.3 Å². The number of alkyl halides is 3. The Labute approximate surface area is 152 Å². The number of aromatic nitrogens is 4. The van der Waals surface area contributed by atoms with Crippen LogP contribution >= 0.6 is 0 Å². The van der Waals surface area contributed by atoms with Crippen LogP contribution in [0.25, 0.3) is 17.1 Å². The molecule has 0 saturated carbocycles. The smallest absolute Gasteiger partial charge is 0.281 e. The molecule has 7 nitrogen and oxygen atoms in total. The van der Waals surface area contributed by atoms with Crippen LogP contribution in [-0.4, -0.2) is 32.7 Å². The maximum absolute atomic E-state index is 13.1. The van der Waals surface area contributed by atoms with E-state index in [1.165, 1.54) is 6.07 Å². The van der Waals surface area contributed by atoms with E-state index in [-0.39, 0.29) is 11.5 Å². The second-order valence-electron chi connectivity index (χ2n) is 5.80. The van der Waals surface area contributed by atoms with E-state index in [2.05, 4.69) is 15.1 Å². The van der Waals surface area contributed by atoms with Gasteiger partial charge in [-0.2, -0.15) is 21.6 Å². The molecule has 0 aliphatic rings. The number of nitrogens with zero attached hydrogens (tertiary/aromatic N) is 4. The fraction of sp³-hybridized carbons (Fsp3) is 0.188. The molecule has 27 heavy (non-hydrogen) atoms. The Morgan fingerprint density at radius 3 is 2.30 bits per heavy atom. The topological polar surface area (TPSA) is 98.0 Å². The number of pyridine rings is 1. The maximum atomic E-state index is 13.1. The van der Waals surface area contributed by atoms with Gasteiger partial charge in [-0.25, -0.2) is 14.6 Å². The van der Waals surface area contributed by atoms with Gasteiger partial charge in [0.1, 0.15) is 0 Å². The summed E-state index contributed by atoms with van der Waals surface area (Å²) in [7, 11) is -4.53. The first kappa shape index (κ1) is 19.0. The molecule has 2 heterocycles. The normalized spacial score (nSPS) is 12.4. The lowest BCUT2D eigenvalue weighted by Crippen LogP contribution is -2.09. The minimum atomic E-state index is -4.76. The molecular formula is C16H13F3N4O3S. The number of hydrogen-bond acceptors (Lipinski definition) is 5. The fourth-order valence-electron chi connectivity index (χ4n) is 2.33. The first-order valence-electron chi connectivity index (χ1n) is 7.52. The molecule has 1 aromatic carbocycles. The van der Waals surface area contributed by atoms with Crippen LogP contribution in [0.1, 0.15) is 17.0 Å². The van der Waals surface area contributed by atoms with Gasteiger partial charge < -0.3 is 0 Å². The Kier molecular flexibility index (Phi) is 4.52. The van der Waals surface area contributed by atoms with Crippen molar-refractivity contribution in [1.82, 2.24) is 19.7 Å². The molecule has 2 aromatic heterocycles. The first-order chi connectivity index (χ1) is 12.5. The van der Waals surface area contributed by atoms with Crippen molar-refractivity contribution >= 4 is 10.1 Å². The summed E-state index contributed by atoms with van der Waals surface area (Å²) >= 11 is 0. The molecule has 0 fully saturated rings. The van der Waals surface area contributed by atoms with Crippen molar-refractivity contribution in [1.29, 1.82) is 0 Å². The highest BCUT2D eigenvalue weighted by atomic mass is 32.2. The van der Waals surface area contributed by atoms with E-state index in [4.69, 9.17) is 4.55 Å². The fourth-order valence-corrected chi connectivity index (χ4v) is 2.76. The summed E-state index contributed by atoms with van der Waals surface area (Å²) in [6.07, 6.45) is -3.77. The largest absolute Gasteiger partial charge is 0.453 e. The summed E-state index contributed by atoms with van der Waals surface area (Å²) in [6, 6.07) is 7.18. The molecule has 0 spiro atoms. The highest BCUT2D eigenvalue weighted by molar-refractivity contribution is 7.85. The van der Waals surface area contributed by atoms with E-state index < -0.39 is 27.1 Å². The molecule has 0 aliphatic heterocycles. The Morgan fingerprint density at radius 1 is 1.07 bits per heavy atom. The Morgan fingerprint density at radius 2 is 1.78 bits per heavy atom. The predicted octanol–water partition coefficient (Wildman–Crippen LogP) is 3.21. The second kappa shape index (κ2) is 6.43. The Balaban J connectivity index is 2.19. The molecule has 0 unspecified atom stereocenters. The molecule has 0 aliphatic carbocycles. The van der Waals surface area contributed by atoms with Gasteiger partial charge in [0.25, 0.3) is 5.82 Å². The molecule has 11 heteroatoms. The van der Waals surface area contributed by atoms with Crippen LogP contribution in [0.4, 0.5) is 13.2 Å². The zero-order valence-electron chi connectivity index (χ0n) is 14.1. The monoisotopic (exact) mass is 398 g/mol. The summed E-state index contributed by atoms with van der Waals surface area (Å²) in [5, 5.41) is 2.87. The molecule has 3 aromatic rings. The van der Waals surface area contributed by atoms with E-state index in [1.807, 2.05) is 13.8 Å². The van der Waals surface area contributed by atoms with Crippen LogP contribution in [0.5, 0.6) is 0 Å². The standard InChI is InChI=1S/C16H13F3N4O3S/c1-9-3-4-11(7-10(9)2)14-21-15(16(17,18)19)22-23(14)12-5-6-13(20-8-12)27(24,25)26/h3-8H,1-2H3,(H,24,25,26). The first-order valence-corrected chi connectivity index (χ1v) is 8.96. The van der Waals surface area contributed by atoms with E-state index in [9.17, 15) is 21.6 Å². The molecule has 0 bridgehead atoms. The van der Waals surface area contributed by atoms with Gasteiger partial charge in [-0.15, -0.1) is 5.10 Å². The number of benzene rings is 1. The third kappa shape index (κ3) is 3.83. The van der Waals surface area contributed by atoms with E-state index >= 15 is 0 Å². The average Bonchev–Trinajstić information content (AvgIpc) is 3.02. The molecule has 0 saturated heterocycles. The van der Waals surface area contributed by atoms with Crippen molar-refractivity contribution in [3.05, 3.63) is 53.5 Å². The van der Waals surface area contributed by atoms with Crippen LogP contribution in [0.2, 0.25) is 0 Å². The SMILES string of the molecule is Cc1ccc(-c2nc(C(F)(F)F)nn2-c2ccc(S(=O)(=O)O)nc2)cc1C. The van der Waals surface area contributed by atoms with Crippen LogP contribution < -0.4 is 0 Å². The molecule has 0 amide bonds. The van der Waals surface area contributed by atoms with Crippen LogP contribution in [0, 0.1) is 13.8 Å². The maximum Gasteiger partial charge on any atom is 0.453 e. The average molecular weight is 398 g/mol. The third-order valence-corrected chi connectivity index (χ3v) is 4.63. The summed E-state index contributed by atoms with van der Waals surface area (Å²) in [5.41, 5.74) is 2.27. The summed E-state index contributed by atoms with van der Waals surface area (Å²) < 4.78 is 71.4. The van der Waals surface area contributed by atoms with Gasteiger partial charge in [0.15, 0.2) is 10.9 Å². The van der Waals surface area contributed by atoms with E-state index in [1.54, 1.807) is 18.2 Å². The van der Waals surface area contributed by atoms with Crippen molar-refractivity contribution in [3.8, 4) is 17.1 Å². The summed E-state index contributed by atoms with van der Waals surface area (Å²) in [4.78, 5) is 7.16. The van der Waals surface area contributed by atoms with Crippen molar-refractivity contribution < 1.29 is 26.1 Å². The highest BCUT2D eigenvalue weighted by Gasteiger charge is 2.37. The number of hydrogen-bond donors (Lipinski definition) is 1. The quantitative estimate of drug-likeness (QED) is 0.681. The van der Waals surface area contributed by atoms with E-state index in [0.717, 1.165) is 28.1 Å². The zero-order valence-corrected chi connectivity index (χ0v) is 14.9. The number of aryl methyl sites for hydroxylation is 2. The predicted molar refractivity (Wildman–Crippen MR) is 88.9 cm³/mol. The van der Waals surface area contributed by atoms with Crippen molar-refractivity contribution in [3.63, 3.8) is 0 Å². The minimum Gasteiger partial charge on any atom is -0.281 e. The molecule has 3 rings (SSSR count). The number of halogens is 3. The lowest BCUT2D eigenvalue weighted by molar-refractivity contribution is -0.144. The minimum absolute atomic E-state index is 0.0543. The van der Waals surface area contributed by atoms with Crippen LogP contribution in [0.15, 0.2) is 41.6 Å². The second-order valence-corrected chi connectivity index (χ2v) is 7.17. The van der Waals surface area contributed by atoms with Gasteiger partial charge in [0.05, 0.1) is 11.9 Å². The third-order valence-electron chi connectivity index (χ3n) is 3.86. The zero-order chi connectivity index (χ0) is 20.0. The van der Waals surface area contributed by atoms with Crippen molar-refractivity contribution in [2.75, 3.05) is 0 Å². The van der Waals surface area contributed by atoms with Gasteiger partial charge in [-0.1, -0.05) is 12.1 Å². The van der Waals surface area contributed by atoms with Gasteiger partial charge in [-0.3, -0.25) is 4.55 Å². The van der Waals surface area contributed by atoms with Gasteiger partial charge in [-0.05, 0) is 43.2 Å². The number of rotatable bonds is 3. The summed E-state index contributed by atoms with van der Waals surface area (Å²) in [5.74, 6) is -1.42. The molecule has 142 valence electrons. The van der Waals surface area contributed by atoms with Gasteiger partial charge in [0.2, 0.25) is 0 Å². The Hall–Kier alpha value is -2.79. The highest BCUT2D eigenvalue weighted by Crippen LogP contribution is 2.31. The van der Waals surface area contributed by atoms with Crippen molar-refractivity contribution in [2.24, 2.45) is 0 Å². The molecular weight excluding hydrogens is 385 g/mol. The van der Waals surface area contributed by atoms with Crippen LogP contribution in [-0.2, 0) is 16.3 Å². The van der Waals surface area contributed by atoms with E-state index in [0.29, 0.717) is 5.56 Å². The molecule has 0 atom stereocenters. The van der Waals surface area contributed by atoms with Crippen molar-refractivity contribution in [2.45, 2.75) is 25.0 Å². The lowest BCUT2D eigenvalue weighted by Gasteiger charge is -2.08. The molecule has 0 radical (unpaired) electrons. The summed E-state index contributed by atoms with van der Waals surface area (Å²) in [6.45, 7) is 3.68. The lowest BCUT2D eigenvalue weighted by atomic mass is 10.1. The van der Waals surface area contributed by atoms with Crippen LogP contribution in [0.3, 0.4) is 0 Å². The van der Waals surface area contributed by atoms with Gasteiger partial charge in [0, 0.05) is 5.56 Å². The molecule has 1 N–H and O–H groups in total.